The third kappa shape index (κ3) is 4.42. The number of alkyl halides is 3. The lowest BCUT2D eigenvalue weighted by molar-refractivity contribution is -0.140. The number of ether oxygens (including phenoxy) is 1. The topological polar surface area (TPSA) is 97.0 Å². The summed E-state index contributed by atoms with van der Waals surface area (Å²) < 4.78 is 44.9. The first-order valence-electron chi connectivity index (χ1n) is 9.38. The van der Waals surface area contributed by atoms with E-state index in [1.807, 2.05) is 0 Å². The molecule has 4 rings (SSSR count). The second-order valence-electron chi connectivity index (χ2n) is 7.09. The Labute approximate surface area is 174 Å². The number of anilines is 1. The second kappa shape index (κ2) is 7.86. The van der Waals surface area contributed by atoms with Crippen LogP contribution in [0.2, 0.25) is 0 Å². The first-order chi connectivity index (χ1) is 14.8. The van der Waals surface area contributed by atoms with Crippen molar-refractivity contribution < 1.29 is 22.7 Å². The highest BCUT2D eigenvalue weighted by atomic mass is 19.4. The minimum atomic E-state index is -4.68. The van der Waals surface area contributed by atoms with Crippen LogP contribution in [0.1, 0.15) is 30.0 Å². The van der Waals surface area contributed by atoms with Crippen LogP contribution < -0.4 is 10.9 Å². The van der Waals surface area contributed by atoms with Gasteiger partial charge in [-0.15, -0.1) is 0 Å². The predicted octanol–water partition coefficient (Wildman–Crippen LogP) is 4.57. The van der Waals surface area contributed by atoms with Gasteiger partial charge in [-0.05, 0) is 59.7 Å². The van der Waals surface area contributed by atoms with Crippen LogP contribution in [0.5, 0.6) is 0 Å². The summed E-state index contributed by atoms with van der Waals surface area (Å²) in [6.45, 7) is 0. The Kier molecular flexibility index (Phi) is 5.22. The van der Waals surface area contributed by atoms with E-state index >= 15 is 0 Å². The number of nitrogens with one attached hydrogen (secondary N) is 2. The van der Waals surface area contributed by atoms with Gasteiger partial charge in [-0.1, -0.05) is 0 Å². The molecule has 1 saturated carbocycles. The number of amides is 1. The zero-order valence-corrected chi connectivity index (χ0v) is 16.3. The minimum absolute atomic E-state index is 0.0102. The Morgan fingerprint density at radius 2 is 1.97 bits per heavy atom. The van der Waals surface area contributed by atoms with Crippen LogP contribution in [0.25, 0.3) is 22.4 Å². The quantitative estimate of drug-likeness (QED) is 0.632. The maximum atomic E-state index is 13.4. The van der Waals surface area contributed by atoms with Crippen molar-refractivity contribution in [3.63, 3.8) is 0 Å². The van der Waals surface area contributed by atoms with E-state index in [9.17, 15) is 22.8 Å². The Bertz CT molecular complexity index is 1200. The lowest BCUT2D eigenvalue weighted by Crippen LogP contribution is -2.13. The van der Waals surface area contributed by atoms with E-state index < -0.39 is 23.5 Å². The van der Waals surface area contributed by atoms with E-state index in [-0.39, 0.29) is 23.0 Å². The zero-order valence-electron chi connectivity index (χ0n) is 16.3. The van der Waals surface area contributed by atoms with Crippen molar-refractivity contribution in [2.75, 3.05) is 12.4 Å². The Morgan fingerprint density at radius 3 is 2.65 bits per heavy atom. The molecule has 7 nitrogen and oxygen atoms in total. The van der Waals surface area contributed by atoms with Gasteiger partial charge in [0.2, 0.25) is 5.56 Å². The fourth-order valence-corrected chi connectivity index (χ4v) is 3.35. The van der Waals surface area contributed by atoms with Crippen molar-refractivity contribution in [1.29, 1.82) is 0 Å². The number of hydrogen-bond acceptors (Lipinski definition) is 5. The van der Waals surface area contributed by atoms with Crippen LogP contribution in [0, 0.1) is 0 Å². The van der Waals surface area contributed by atoms with Gasteiger partial charge in [-0.25, -0.2) is 9.78 Å². The molecule has 0 atom stereocenters. The highest BCUT2D eigenvalue weighted by molar-refractivity contribution is 5.85. The predicted molar refractivity (Wildman–Crippen MR) is 107 cm³/mol. The number of carbonyl (C=O) groups is 1. The van der Waals surface area contributed by atoms with E-state index in [1.54, 1.807) is 12.3 Å². The molecule has 160 valence electrons. The summed E-state index contributed by atoms with van der Waals surface area (Å²) in [6, 6.07) is 6.98. The van der Waals surface area contributed by atoms with Crippen molar-refractivity contribution in [2.24, 2.45) is 0 Å². The molecule has 0 spiro atoms. The van der Waals surface area contributed by atoms with Crippen LogP contribution in [0.15, 0.2) is 47.5 Å². The maximum Gasteiger partial charge on any atom is 0.434 e. The molecule has 0 unspecified atom stereocenters. The highest BCUT2D eigenvalue weighted by Gasteiger charge is 2.36. The van der Waals surface area contributed by atoms with Gasteiger partial charge < -0.3 is 9.72 Å². The van der Waals surface area contributed by atoms with Crippen molar-refractivity contribution in [2.45, 2.75) is 24.9 Å². The van der Waals surface area contributed by atoms with Gasteiger partial charge in [0.05, 0.1) is 12.8 Å². The van der Waals surface area contributed by atoms with E-state index in [0.29, 0.717) is 11.1 Å². The lowest BCUT2D eigenvalue weighted by Gasteiger charge is -2.14. The van der Waals surface area contributed by atoms with E-state index in [1.165, 1.54) is 31.4 Å². The molecule has 1 aliphatic carbocycles. The van der Waals surface area contributed by atoms with Crippen LogP contribution in [0.4, 0.5) is 23.8 Å². The second-order valence-corrected chi connectivity index (χ2v) is 7.09. The number of halogens is 3. The van der Waals surface area contributed by atoms with E-state index in [4.69, 9.17) is 0 Å². The molecule has 1 amide bonds. The van der Waals surface area contributed by atoms with Crippen molar-refractivity contribution in [1.82, 2.24) is 15.0 Å². The highest BCUT2D eigenvalue weighted by Crippen LogP contribution is 2.45. The molecule has 1 fully saturated rings. The number of H-pyrrole nitrogens is 1. The van der Waals surface area contributed by atoms with Crippen molar-refractivity contribution in [3.8, 4) is 22.4 Å². The molecule has 31 heavy (non-hydrogen) atoms. The third-order valence-electron chi connectivity index (χ3n) is 4.89. The smallest absolute Gasteiger partial charge is 0.434 e. The Balaban J connectivity index is 1.86. The Morgan fingerprint density at radius 1 is 1.19 bits per heavy atom. The molecule has 0 aromatic carbocycles. The van der Waals surface area contributed by atoms with E-state index in [0.717, 1.165) is 24.6 Å². The number of aromatic nitrogens is 3. The van der Waals surface area contributed by atoms with Crippen LogP contribution >= 0.6 is 0 Å². The number of rotatable bonds is 4. The summed E-state index contributed by atoms with van der Waals surface area (Å²) in [4.78, 5) is 34.0. The average molecular weight is 430 g/mol. The molecule has 0 aliphatic heterocycles. The summed E-state index contributed by atoms with van der Waals surface area (Å²) in [5, 5.41) is 2.46. The summed E-state index contributed by atoms with van der Waals surface area (Å²) >= 11 is 0. The van der Waals surface area contributed by atoms with Gasteiger partial charge in [0.25, 0.3) is 0 Å². The van der Waals surface area contributed by atoms with Gasteiger partial charge >= 0.3 is 12.3 Å². The monoisotopic (exact) mass is 430 g/mol. The molecule has 1 aliphatic rings. The molecule has 3 aromatic rings. The van der Waals surface area contributed by atoms with Crippen LogP contribution in [0.3, 0.4) is 0 Å². The summed E-state index contributed by atoms with van der Waals surface area (Å²) in [5.41, 5.74) is -0.0257. The Hall–Kier alpha value is -3.69. The fraction of sp³-hybridized carbons (Fsp3) is 0.238. The van der Waals surface area contributed by atoms with Gasteiger partial charge in [0.1, 0.15) is 5.82 Å². The molecule has 0 bridgehead atoms. The molecule has 3 aromatic heterocycles. The van der Waals surface area contributed by atoms with Gasteiger partial charge in [-0.2, -0.15) is 13.2 Å². The molecule has 3 heterocycles. The van der Waals surface area contributed by atoms with Crippen LogP contribution in [-0.2, 0) is 10.9 Å². The molecule has 0 radical (unpaired) electrons. The number of nitrogens with zero attached hydrogens (tertiary/aromatic N) is 2. The lowest BCUT2D eigenvalue weighted by atomic mass is 9.97. The van der Waals surface area contributed by atoms with Crippen LogP contribution in [-0.4, -0.2) is 28.2 Å². The average Bonchev–Trinajstić information content (AvgIpc) is 3.58. The van der Waals surface area contributed by atoms with Gasteiger partial charge in [0.15, 0.2) is 5.69 Å². The number of carbonyl (C=O) groups excluding carboxylic acids is 1. The molecular formula is C21H17F3N4O3. The molecular weight excluding hydrogens is 413 g/mol. The first-order valence-corrected chi connectivity index (χ1v) is 9.38. The first kappa shape index (κ1) is 20.6. The number of pyridine rings is 3. The maximum absolute atomic E-state index is 13.4. The number of hydrogen-bond donors (Lipinski definition) is 2. The summed E-state index contributed by atoms with van der Waals surface area (Å²) in [5.74, 6) is 0.437. The SMILES string of the molecule is COC(=O)Nc1cc(-c2cc(-c3cccnc3C(F)(F)F)[nH]c(=O)c2)c(C2CC2)cn1. The molecule has 2 N–H and O–H groups in total. The largest absolute Gasteiger partial charge is 0.453 e. The molecule has 10 heteroatoms. The normalized spacial score (nSPS) is 13.7. The standard InChI is InChI=1S/C21H17F3N4O3/c1-31-20(30)28-17-9-14(15(10-26-17)11-4-5-11)12-7-16(27-18(29)8-12)13-3-2-6-25-19(13)21(22,23)24/h2-3,6-11H,4-5H2,1H3,(H,27,29)(H,26,28,30). The molecule has 0 saturated heterocycles. The van der Waals surface area contributed by atoms with E-state index in [2.05, 4.69) is 25.0 Å². The fourth-order valence-electron chi connectivity index (χ4n) is 3.35. The summed E-state index contributed by atoms with van der Waals surface area (Å²) in [7, 11) is 1.21. The van der Waals surface area contributed by atoms with Gasteiger partial charge in [0, 0.05) is 24.0 Å². The van der Waals surface area contributed by atoms with Crippen molar-refractivity contribution in [3.05, 3.63) is 64.3 Å². The third-order valence-corrected chi connectivity index (χ3v) is 4.89. The number of aromatic amines is 1. The zero-order chi connectivity index (χ0) is 22.2. The summed E-state index contributed by atoms with van der Waals surface area (Å²) in [6.07, 6.45) is -0.867. The van der Waals surface area contributed by atoms with Crippen molar-refractivity contribution >= 4 is 11.9 Å². The van der Waals surface area contributed by atoms with Gasteiger partial charge in [-0.3, -0.25) is 15.1 Å². The number of methoxy groups -OCH3 is 1. The minimum Gasteiger partial charge on any atom is -0.453 e.